The third kappa shape index (κ3) is 3.05. The van der Waals surface area contributed by atoms with E-state index in [-0.39, 0.29) is 0 Å². The van der Waals surface area contributed by atoms with Gasteiger partial charge in [0.1, 0.15) is 30.2 Å². The van der Waals surface area contributed by atoms with Gasteiger partial charge in [-0.1, -0.05) is 17.7 Å². The largest absolute Gasteiger partial charge is 0.462 e. The van der Waals surface area contributed by atoms with Crippen molar-refractivity contribution in [1.29, 1.82) is 0 Å². The van der Waals surface area contributed by atoms with E-state index in [0.29, 0.717) is 5.75 Å². The second-order valence-electron chi connectivity index (χ2n) is 4.63. The molecule has 1 aromatic rings. The maximum atomic E-state index is 9.80. The predicted octanol–water partition coefficient (Wildman–Crippen LogP) is -0.826. The van der Waals surface area contributed by atoms with Crippen LogP contribution in [-0.4, -0.2) is 57.7 Å². The van der Waals surface area contributed by atoms with E-state index in [0.717, 1.165) is 5.56 Å². The van der Waals surface area contributed by atoms with Gasteiger partial charge in [0.05, 0.1) is 6.61 Å². The Morgan fingerprint density at radius 2 is 1.68 bits per heavy atom. The molecule has 1 aromatic carbocycles. The summed E-state index contributed by atoms with van der Waals surface area (Å²) < 4.78 is 10.7. The lowest BCUT2D eigenvalue weighted by Crippen LogP contribution is -2.60. The van der Waals surface area contributed by atoms with Crippen LogP contribution in [0, 0.1) is 6.92 Å². The van der Waals surface area contributed by atoms with Crippen LogP contribution in [0.3, 0.4) is 0 Å². The highest BCUT2D eigenvalue weighted by molar-refractivity contribution is 5.26. The highest BCUT2D eigenvalue weighted by atomic mass is 16.7. The highest BCUT2D eigenvalue weighted by Crippen LogP contribution is 2.24. The van der Waals surface area contributed by atoms with E-state index in [2.05, 4.69) is 0 Å². The number of rotatable bonds is 3. The third-order valence-electron chi connectivity index (χ3n) is 3.12. The van der Waals surface area contributed by atoms with Gasteiger partial charge < -0.3 is 29.9 Å². The number of benzene rings is 1. The molecule has 0 unspecified atom stereocenters. The number of hydrogen-bond acceptors (Lipinski definition) is 6. The quantitative estimate of drug-likeness (QED) is 0.572. The molecule has 4 N–H and O–H groups in total. The molecule has 1 aliphatic rings. The van der Waals surface area contributed by atoms with Gasteiger partial charge in [0.25, 0.3) is 0 Å². The lowest BCUT2D eigenvalue weighted by molar-refractivity contribution is -0.277. The molecule has 0 aliphatic carbocycles. The Kier molecular flexibility index (Phi) is 4.38. The summed E-state index contributed by atoms with van der Waals surface area (Å²) in [5.74, 6) is 0.468. The molecule has 6 heteroatoms. The summed E-state index contributed by atoms with van der Waals surface area (Å²) >= 11 is 0. The molecule has 0 bridgehead atoms. The van der Waals surface area contributed by atoms with Crippen molar-refractivity contribution in [3.05, 3.63) is 29.8 Å². The van der Waals surface area contributed by atoms with Crippen molar-refractivity contribution in [1.82, 2.24) is 0 Å². The molecular formula is C13H18O6. The van der Waals surface area contributed by atoms with Gasteiger partial charge in [-0.25, -0.2) is 0 Å². The molecule has 1 saturated heterocycles. The molecule has 0 saturated carbocycles. The maximum Gasteiger partial charge on any atom is 0.229 e. The zero-order valence-electron chi connectivity index (χ0n) is 10.5. The number of aliphatic hydroxyl groups is 4. The highest BCUT2D eigenvalue weighted by Gasteiger charge is 2.44. The summed E-state index contributed by atoms with van der Waals surface area (Å²) in [6, 6.07) is 7.08. The Bertz CT molecular complexity index is 404. The van der Waals surface area contributed by atoms with Gasteiger partial charge in [-0.15, -0.1) is 0 Å². The van der Waals surface area contributed by atoms with Crippen LogP contribution in [0.4, 0.5) is 0 Å². The second-order valence-corrected chi connectivity index (χ2v) is 4.63. The van der Waals surface area contributed by atoms with Crippen LogP contribution in [0.15, 0.2) is 24.3 Å². The first kappa shape index (κ1) is 14.2. The Balaban J connectivity index is 2.08. The van der Waals surface area contributed by atoms with Crippen LogP contribution >= 0.6 is 0 Å². The smallest absolute Gasteiger partial charge is 0.229 e. The van der Waals surface area contributed by atoms with Crippen molar-refractivity contribution < 1.29 is 29.9 Å². The topological polar surface area (TPSA) is 99.4 Å². The molecule has 0 radical (unpaired) electrons. The Hall–Kier alpha value is -1.18. The lowest BCUT2D eigenvalue weighted by Gasteiger charge is -2.39. The number of ether oxygens (including phenoxy) is 2. The van der Waals surface area contributed by atoms with Crippen LogP contribution in [0.25, 0.3) is 0 Å². The summed E-state index contributed by atoms with van der Waals surface area (Å²) in [5.41, 5.74) is 1.06. The normalized spacial score (nSPS) is 35.1. The first-order valence-electron chi connectivity index (χ1n) is 6.07. The van der Waals surface area contributed by atoms with E-state index in [1.165, 1.54) is 0 Å². The van der Waals surface area contributed by atoms with Gasteiger partial charge in [0.15, 0.2) is 0 Å². The Morgan fingerprint density at radius 3 is 2.26 bits per heavy atom. The zero-order chi connectivity index (χ0) is 14.0. The summed E-state index contributed by atoms with van der Waals surface area (Å²) in [6.45, 7) is 1.45. The first-order valence-corrected chi connectivity index (χ1v) is 6.07. The molecule has 0 amide bonds. The maximum absolute atomic E-state index is 9.80. The van der Waals surface area contributed by atoms with E-state index in [4.69, 9.17) is 14.6 Å². The van der Waals surface area contributed by atoms with E-state index < -0.39 is 37.3 Å². The third-order valence-corrected chi connectivity index (χ3v) is 3.12. The second kappa shape index (κ2) is 5.85. The monoisotopic (exact) mass is 270 g/mol. The summed E-state index contributed by atoms with van der Waals surface area (Å²) in [6.07, 6.45) is -6.30. The Labute approximate surface area is 110 Å². The van der Waals surface area contributed by atoms with Crippen molar-refractivity contribution in [2.45, 2.75) is 37.6 Å². The lowest BCUT2D eigenvalue weighted by atomic mass is 9.99. The summed E-state index contributed by atoms with van der Waals surface area (Å²) in [4.78, 5) is 0. The van der Waals surface area contributed by atoms with E-state index >= 15 is 0 Å². The molecule has 106 valence electrons. The van der Waals surface area contributed by atoms with Gasteiger partial charge in [0.2, 0.25) is 6.29 Å². The average molecular weight is 270 g/mol. The van der Waals surface area contributed by atoms with Crippen LogP contribution in [0.2, 0.25) is 0 Å². The molecule has 19 heavy (non-hydrogen) atoms. The zero-order valence-corrected chi connectivity index (χ0v) is 10.5. The molecule has 0 spiro atoms. The van der Waals surface area contributed by atoms with E-state index in [1.807, 2.05) is 19.1 Å². The van der Waals surface area contributed by atoms with E-state index in [1.54, 1.807) is 12.1 Å². The number of aryl methyl sites for hydroxylation is 1. The summed E-state index contributed by atoms with van der Waals surface area (Å²) in [5, 5.41) is 38.1. The molecule has 1 heterocycles. The van der Waals surface area contributed by atoms with Gasteiger partial charge >= 0.3 is 0 Å². The van der Waals surface area contributed by atoms with Crippen molar-refractivity contribution in [2.24, 2.45) is 0 Å². The molecule has 1 aliphatic heterocycles. The fourth-order valence-corrected chi connectivity index (χ4v) is 1.92. The molecule has 6 nitrogen and oxygen atoms in total. The molecular weight excluding hydrogens is 252 g/mol. The van der Waals surface area contributed by atoms with Crippen LogP contribution in [-0.2, 0) is 4.74 Å². The molecule has 0 aromatic heterocycles. The number of aliphatic hydroxyl groups excluding tert-OH is 4. The SMILES string of the molecule is Cc1ccc(O[C@H]2O[C@H](CO)[C@@H](O)[C@H](O)[C@H]2O)cc1. The van der Waals surface area contributed by atoms with Crippen molar-refractivity contribution in [3.8, 4) is 5.75 Å². The van der Waals surface area contributed by atoms with Crippen LogP contribution < -0.4 is 4.74 Å². The molecule has 2 rings (SSSR count). The van der Waals surface area contributed by atoms with Gasteiger partial charge in [0, 0.05) is 0 Å². The molecule has 5 atom stereocenters. The molecule has 1 fully saturated rings. The minimum Gasteiger partial charge on any atom is -0.462 e. The van der Waals surface area contributed by atoms with Gasteiger partial charge in [-0.3, -0.25) is 0 Å². The van der Waals surface area contributed by atoms with Crippen LogP contribution in [0.1, 0.15) is 5.56 Å². The average Bonchev–Trinajstić information content (AvgIpc) is 2.42. The fourth-order valence-electron chi connectivity index (χ4n) is 1.92. The van der Waals surface area contributed by atoms with Gasteiger partial charge in [-0.05, 0) is 19.1 Å². The first-order chi connectivity index (χ1) is 9.02. The summed E-state index contributed by atoms with van der Waals surface area (Å²) in [7, 11) is 0. The van der Waals surface area contributed by atoms with Gasteiger partial charge in [-0.2, -0.15) is 0 Å². The predicted molar refractivity (Wildman–Crippen MR) is 65.6 cm³/mol. The minimum atomic E-state index is -1.43. The minimum absolute atomic E-state index is 0.468. The van der Waals surface area contributed by atoms with Crippen molar-refractivity contribution >= 4 is 0 Å². The van der Waals surface area contributed by atoms with Crippen LogP contribution in [0.5, 0.6) is 5.75 Å². The van der Waals surface area contributed by atoms with E-state index in [9.17, 15) is 15.3 Å². The van der Waals surface area contributed by atoms with Crippen molar-refractivity contribution in [2.75, 3.05) is 6.61 Å². The standard InChI is InChI=1S/C13H18O6/c1-7-2-4-8(5-3-7)18-13-12(17)11(16)10(15)9(6-14)19-13/h2-5,9-17H,6H2,1H3/t9-,10-,11+,12-,13+/m1/s1. The van der Waals surface area contributed by atoms with Crippen molar-refractivity contribution in [3.63, 3.8) is 0 Å². The number of hydrogen-bond donors (Lipinski definition) is 4. The fraction of sp³-hybridized carbons (Fsp3) is 0.538. The Morgan fingerprint density at radius 1 is 1.05 bits per heavy atom.